The molecule has 3 aliphatic rings. The van der Waals surface area contributed by atoms with Gasteiger partial charge < -0.3 is 16.4 Å². The topological polar surface area (TPSA) is 90.9 Å². The Balaban J connectivity index is 2.08. The predicted molar refractivity (Wildman–Crippen MR) is 82.2 cm³/mol. The van der Waals surface area contributed by atoms with Crippen molar-refractivity contribution in [2.24, 2.45) is 5.73 Å². The second-order valence-corrected chi connectivity index (χ2v) is 5.94. The molecule has 4 N–H and O–H groups in total. The summed E-state index contributed by atoms with van der Waals surface area (Å²) in [6, 6.07) is 9.76. The molecule has 2 heterocycles. The number of hydrogen-bond acceptors (Lipinski definition) is 4. The number of amides is 1. The summed E-state index contributed by atoms with van der Waals surface area (Å²) in [5, 5.41) is 15.8. The summed E-state index contributed by atoms with van der Waals surface area (Å²) >= 11 is 0. The van der Waals surface area contributed by atoms with Crippen molar-refractivity contribution in [3.8, 4) is 6.07 Å². The van der Waals surface area contributed by atoms with Crippen LogP contribution in [-0.4, -0.2) is 5.91 Å². The summed E-state index contributed by atoms with van der Waals surface area (Å²) in [6.45, 7) is 0. The lowest BCUT2D eigenvalue weighted by molar-refractivity contribution is -0.118. The van der Waals surface area contributed by atoms with E-state index in [2.05, 4.69) is 16.7 Å². The number of hydrogen-bond donors (Lipinski definition) is 3. The smallest absolute Gasteiger partial charge is 0.244 e. The molecule has 5 nitrogen and oxygen atoms in total. The zero-order chi connectivity index (χ0) is 15.3. The zero-order valence-electron chi connectivity index (χ0n) is 12.1. The Bertz CT molecular complexity index is 799. The van der Waals surface area contributed by atoms with Crippen molar-refractivity contribution in [3.63, 3.8) is 0 Å². The molecule has 0 unspecified atom stereocenters. The SMILES string of the molecule is N#CC1=C(N)NC2=C(CCCC2)[C@]12C(=O)Nc1ccccc12. The number of anilines is 1. The third-order valence-electron chi connectivity index (χ3n) is 4.88. The zero-order valence-corrected chi connectivity index (χ0v) is 12.1. The van der Waals surface area contributed by atoms with Crippen LogP contribution in [0.25, 0.3) is 0 Å². The molecule has 1 amide bonds. The van der Waals surface area contributed by atoms with Gasteiger partial charge in [0.1, 0.15) is 17.3 Å². The van der Waals surface area contributed by atoms with Gasteiger partial charge in [-0.2, -0.15) is 5.26 Å². The van der Waals surface area contributed by atoms with E-state index in [1.165, 1.54) is 0 Å². The second-order valence-electron chi connectivity index (χ2n) is 5.94. The van der Waals surface area contributed by atoms with Gasteiger partial charge in [-0.25, -0.2) is 0 Å². The molecule has 5 heteroatoms. The van der Waals surface area contributed by atoms with Crippen molar-refractivity contribution >= 4 is 11.6 Å². The molecular weight excluding hydrogens is 276 g/mol. The first kappa shape index (κ1) is 13.0. The molecule has 0 fully saturated rings. The maximum Gasteiger partial charge on any atom is 0.244 e. The van der Waals surface area contributed by atoms with Gasteiger partial charge in [0.05, 0.1) is 5.57 Å². The molecule has 1 atom stereocenters. The minimum atomic E-state index is -1.05. The molecule has 0 saturated heterocycles. The van der Waals surface area contributed by atoms with E-state index in [0.717, 1.165) is 48.2 Å². The fourth-order valence-electron chi connectivity index (χ4n) is 3.98. The van der Waals surface area contributed by atoms with Gasteiger partial charge in [-0.1, -0.05) is 18.2 Å². The van der Waals surface area contributed by atoms with E-state index in [-0.39, 0.29) is 5.91 Å². The molecule has 110 valence electrons. The fraction of sp³-hybridized carbons (Fsp3) is 0.294. The summed E-state index contributed by atoms with van der Waals surface area (Å²) in [4.78, 5) is 13.0. The highest BCUT2D eigenvalue weighted by molar-refractivity contribution is 6.12. The Hall–Kier alpha value is -2.74. The molecule has 1 aliphatic carbocycles. The molecule has 1 aromatic carbocycles. The van der Waals surface area contributed by atoms with Gasteiger partial charge in [0.2, 0.25) is 5.91 Å². The first-order chi connectivity index (χ1) is 10.7. The molecule has 4 rings (SSSR count). The van der Waals surface area contributed by atoms with Gasteiger partial charge in [-0.3, -0.25) is 4.79 Å². The van der Waals surface area contributed by atoms with E-state index in [1.807, 2.05) is 24.3 Å². The third-order valence-corrected chi connectivity index (χ3v) is 4.88. The molecule has 0 bridgehead atoms. The van der Waals surface area contributed by atoms with Gasteiger partial charge in [-0.15, -0.1) is 0 Å². The molecule has 0 radical (unpaired) electrons. The lowest BCUT2D eigenvalue weighted by Gasteiger charge is -2.39. The Labute approximate surface area is 128 Å². The van der Waals surface area contributed by atoms with Crippen molar-refractivity contribution in [3.05, 3.63) is 52.5 Å². The van der Waals surface area contributed by atoms with Crippen LogP contribution in [0.15, 0.2) is 46.9 Å². The number of nitrogens with zero attached hydrogens (tertiary/aromatic N) is 1. The number of rotatable bonds is 0. The van der Waals surface area contributed by atoms with Crippen molar-refractivity contribution in [1.29, 1.82) is 5.26 Å². The van der Waals surface area contributed by atoms with Crippen LogP contribution >= 0.6 is 0 Å². The Morgan fingerprint density at radius 2 is 1.95 bits per heavy atom. The molecule has 22 heavy (non-hydrogen) atoms. The van der Waals surface area contributed by atoms with Crippen LogP contribution in [-0.2, 0) is 10.2 Å². The lowest BCUT2D eigenvalue weighted by Crippen LogP contribution is -2.47. The number of nitriles is 1. The van der Waals surface area contributed by atoms with Crippen molar-refractivity contribution in [2.45, 2.75) is 31.1 Å². The van der Waals surface area contributed by atoms with E-state index in [9.17, 15) is 10.1 Å². The maximum absolute atomic E-state index is 13.0. The summed E-state index contributed by atoms with van der Waals surface area (Å²) < 4.78 is 0. The first-order valence-corrected chi connectivity index (χ1v) is 7.50. The number of benzene rings is 1. The maximum atomic E-state index is 13.0. The van der Waals surface area contributed by atoms with E-state index >= 15 is 0 Å². The van der Waals surface area contributed by atoms with Crippen LogP contribution in [0.1, 0.15) is 31.2 Å². The fourth-order valence-corrected chi connectivity index (χ4v) is 3.98. The number of para-hydroxylation sites is 1. The molecule has 0 saturated carbocycles. The van der Waals surface area contributed by atoms with Crippen LogP contribution < -0.4 is 16.4 Å². The highest BCUT2D eigenvalue weighted by atomic mass is 16.2. The van der Waals surface area contributed by atoms with Gasteiger partial charge in [-0.05, 0) is 37.3 Å². The van der Waals surface area contributed by atoms with Gasteiger partial charge in [0, 0.05) is 16.9 Å². The third kappa shape index (κ3) is 1.39. The van der Waals surface area contributed by atoms with E-state index < -0.39 is 5.41 Å². The van der Waals surface area contributed by atoms with E-state index in [1.54, 1.807) is 0 Å². The van der Waals surface area contributed by atoms with Gasteiger partial charge in [0.25, 0.3) is 0 Å². The predicted octanol–water partition coefficient (Wildman–Crippen LogP) is 2.00. The summed E-state index contributed by atoms with van der Waals surface area (Å²) in [6.07, 6.45) is 3.77. The Morgan fingerprint density at radius 1 is 1.18 bits per heavy atom. The summed E-state index contributed by atoms with van der Waals surface area (Å²) in [7, 11) is 0. The van der Waals surface area contributed by atoms with Crippen molar-refractivity contribution < 1.29 is 4.79 Å². The molecule has 2 aliphatic heterocycles. The van der Waals surface area contributed by atoms with Gasteiger partial charge in [0.15, 0.2) is 0 Å². The van der Waals surface area contributed by atoms with Crippen LogP contribution in [0, 0.1) is 11.3 Å². The molecule has 0 aromatic heterocycles. The average molecular weight is 292 g/mol. The normalized spacial score (nSPS) is 26.2. The largest absolute Gasteiger partial charge is 0.384 e. The summed E-state index contributed by atoms with van der Waals surface area (Å²) in [5.41, 5.74) is 9.00. The quantitative estimate of drug-likeness (QED) is 0.682. The monoisotopic (exact) mass is 292 g/mol. The molecule has 1 aromatic rings. The highest BCUT2D eigenvalue weighted by Gasteiger charge is 2.56. The number of carbonyl (C=O) groups excluding carboxylic acids is 1. The van der Waals surface area contributed by atoms with Crippen molar-refractivity contribution in [2.75, 3.05) is 5.32 Å². The number of carbonyl (C=O) groups is 1. The molecular formula is C17H16N4O. The lowest BCUT2D eigenvalue weighted by atomic mass is 9.64. The minimum Gasteiger partial charge on any atom is -0.384 e. The summed E-state index contributed by atoms with van der Waals surface area (Å²) in [5.74, 6) is 0.138. The minimum absolute atomic E-state index is 0.163. The van der Waals surface area contributed by atoms with E-state index in [4.69, 9.17) is 5.73 Å². The van der Waals surface area contributed by atoms with E-state index in [0.29, 0.717) is 11.4 Å². The Morgan fingerprint density at radius 3 is 2.77 bits per heavy atom. The number of allylic oxidation sites excluding steroid dienone is 1. The van der Waals surface area contributed by atoms with Crippen molar-refractivity contribution in [1.82, 2.24) is 5.32 Å². The highest BCUT2D eigenvalue weighted by Crippen LogP contribution is 2.53. The standard InChI is InChI=1S/C17H16N4O/c18-9-12-15(19)20-13-7-3-1-5-10(13)17(12)11-6-2-4-8-14(11)21-16(17)22/h2,4,6,8,20H,1,3,5,7,19H2,(H,21,22)/t17-/m1/s1. The number of nitrogens with two attached hydrogens (primary N) is 1. The van der Waals surface area contributed by atoms with Crippen LogP contribution in [0.3, 0.4) is 0 Å². The van der Waals surface area contributed by atoms with Crippen LogP contribution in [0.5, 0.6) is 0 Å². The molecule has 1 spiro atoms. The number of nitrogens with one attached hydrogen (secondary N) is 2. The number of fused-ring (bicyclic) bond motifs is 3. The van der Waals surface area contributed by atoms with Crippen LogP contribution in [0.2, 0.25) is 0 Å². The second kappa shape index (κ2) is 4.38. The Kier molecular flexibility index (Phi) is 2.58. The van der Waals surface area contributed by atoms with Crippen LogP contribution in [0.4, 0.5) is 5.69 Å². The van der Waals surface area contributed by atoms with Gasteiger partial charge >= 0.3 is 0 Å². The average Bonchev–Trinajstić information content (AvgIpc) is 2.81. The first-order valence-electron chi connectivity index (χ1n) is 7.50. The number of dihydropyridines is 1.